The third-order valence-corrected chi connectivity index (χ3v) is 2.06. The van der Waals surface area contributed by atoms with Gasteiger partial charge in [-0.15, -0.1) is 6.58 Å². The van der Waals surface area contributed by atoms with E-state index in [-0.39, 0.29) is 5.91 Å². The molecule has 0 bridgehead atoms. The van der Waals surface area contributed by atoms with Gasteiger partial charge < -0.3 is 11.1 Å². The zero-order valence-electron chi connectivity index (χ0n) is 8.81. The minimum absolute atomic E-state index is 0.317. The number of nitriles is 1. The van der Waals surface area contributed by atoms with Crippen molar-refractivity contribution in [1.29, 1.82) is 5.26 Å². The fourth-order valence-corrected chi connectivity index (χ4v) is 1.20. The van der Waals surface area contributed by atoms with E-state index in [2.05, 4.69) is 11.9 Å². The lowest BCUT2D eigenvalue weighted by molar-refractivity contribution is -0.117. The molecule has 0 radical (unpaired) electrons. The first kappa shape index (κ1) is 12.0. The van der Waals surface area contributed by atoms with Gasteiger partial charge in [0.15, 0.2) is 0 Å². The van der Waals surface area contributed by atoms with Gasteiger partial charge in [-0.1, -0.05) is 18.2 Å². The molecule has 0 heterocycles. The summed E-state index contributed by atoms with van der Waals surface area (Å²) < 4.78 is 0. The minimum atomic E-state index is -0.635. The Bertz CT molecular complexity index is 434. The lowest BCUT2D eigenvalue weighted by Gasteiger charge is -2.10. The quantitative estimate of drug-likeness (QED) is 0.745. The Balaban J connectivity index is 2.77. The van der Waals surface area contributed by atoms with Crippen LogP contribution in [0.15, 0.2) is 36.9 Å². The predicted octanol–water partition coefficient (Wildman–Crippen LogP) is 1.40. The summed E-state index contributed by atoms with van der Waals surface area (Å²) in [7, 11) is 0. The third-order valence-electron chi connectivity index (χ3n) is 2.06. The van der Waals surface area contributed by atoms with E-state index in [0.717, 1.165) is 0 Å². The summed E-state index contributed by atoms with van der Waals surface area (Å²) in [4.78, 5) is 11.6. The average molecular weight is 215 g/mol. The molecule has 0 saturated heterocycles. The highest BCUT2D eigenvalue weighted by Crippen LogP contribution is 2.13. The van der Waals surface area contributed by atoms with E-state index in [0.29, 0.717) is 17.7 Å². The number of nitrogens with two attached hydrogens (primary N) is 1. The number of para-hydroxylation sites is 1. The minimum Gasteiger partial charge on any atom is -0.324 e. The lowest BCUT2D eigenvalue weighted by Crippen LogP contribution is -2.35. The molecule has 1 atom stereocenters. The predicted molar refractivity (Wildman–Crippen MR) is 62.6 cm³/mol. The average Bonchev–Trinajstić information content (AvgIpc) is 2.30. The van der Waals surface area contributed by atoms with Gasteiger partial charge in [0.2, 0.25) is 5.91 Å². The number of rotatable bonds is 4. The van der Waals surface area contributed by atoms with Crippen molar-refractivity contribution in [3.63, 3.8) is 0 Å². The Hall–Kier alpha value is -2.12. The summed E-state index contributed by atoms with van der Waals surface area (Å²) in [6, 6.07) is 8.14. The van der Waals surface area contributed by atoms with E-state index in [4.69, 9.17) is 11.0 Å². The maximum Gasteiger partial charge on any atom is 0.241 e. The van der Waals surface area contributed by atoms with Crippen molar-refractivity contribution >= 4 is 11.6 Å². The van der Waals surface area contributed by atoms with E-state index in [9.17, 15) is 4.79 Å². The molecule has 0 fully saturated rings. The Kier molecular flexibility index (Phi) is 4.25. The smallest absolute Gasteiger partial charge is 0.241 e. The molecular formula is C12H13N3O. The van der Waals surface area contributed by atoms with E-state index in [1.165, 1.54) is 0 Å². The topological polar surface area (TPSA) is 78.9 Å². The van der Waals surface area contributed by atoms with Gasteiger partial charge in [-0.25, -0.2) is 0 Å². The molecular weight excluding hydrogens is 202 g/mol. The second-order valence-corrected chi connectivity index (χ2v) is 3.28. The first-order valence-electron chi connectivity index (χ1n) is 4.85. The van der Waals surface area contributed by atoms with Crippen LogP contribution < -0.4 is 11.1 Å². The molecule has 1 aromatic rings. The largest absolute Gasteiger partial charge is 0.324 e. The van der Waals surface area contributed by atoms with Crippen LogP contribution in [0.1, 0.15) is 12.0 Å². The molecule has 0 aromatic heterocycles. The number of hydrogen-bond acceptors (Lipinski definition) is 3. The van der Waals surface area contributed by atoms with Crippen LogP contribution in [0.4, 0.5) is 5.69 Å². The van der Waals surface area contributed by atoms with E-state index in [1.54, 1.807) is 30.3 Å². The summed E-state index contributed by atoms with van der Waals surface area (Å²) in [6.45, 7) is 3.51. The van der Waals surface area contributed by atoms with Gasteiger partial charge in [0.25, 0.3) is 0 Å². The van der Waals surface area contributed by atoms with Crippen LogP contribution in [0.5, 0.6) is 0 Å². The molecule has 0 saturated carbocycles. The van der Waals surface area contributed by atoms with Crippen molar-refractivity contribution in [2.24, 2.45) is 5.73 Å². The number of benzene rings is 1. The molecule has 4 heteroatoms. The van der Waals surface area contributed by atoms with Gasteiger partial charge in [0, 0.05) is 0 Å². The van der Waals surface area contributed by atoms with E-state index >= 15 is 0 Å². The highest BCUT2D eigenvalue weighted by atomic mass is 16.2. The summed E-state index contributed by atoms with van der Waals surface area (Å²) in [5, 5.41) is 11.4. The van der Waals surface area contributed by atoms with Gasteiger partial charge in [-0.05, 0) is 18.6 Å². The second kappa shape index (κ2) is 5.69. The van der Waals surface area contributed by atoms with Crippen molar-refractivity contribution in [3.8, 4) is 6.07 Å². The van der Waals surface area contributed by atoms with Gasteiger partial charge in [-0.2, -0.15) is 5.26 Å². The number of carbonyl (C=O) groups is 1. The number of nitrogens with zero attached hydrogens (tertiary/aromatic N) is 1. The zero-order valence-corrected chi connectivity index (χ0v) is 8.81. The molecule has 0 aliphatic rings. The number of carbonyl (C=O) groups excluding carboxylic acids is 1. The maximum absolute atomic E-state index is 11.6. The number of nitrogens with one attached hydrogen (secondary N) is 1. The van der Waals surface area contributed by atoms with Crippen LogP contribution in [0.2, 0.25) is 0 Å². The Morgan fingerprint density at radius 3 is 2.94 bits per heavy atom. The zero-order chi connectivity index (χ0) is 12.0. The van der Waals surface area contributed by atoms with Gasteiger partial charge in [0.05, 0.1) is 17.3 Å². The molecule has 1 rings (SSSR count). The molecule has 0 aliphatic carbocycles. The Morgan fingerprint density at radius 1 is 1.62 bits per heavy atom. The summed E-state index contributed by atoms with van der Waals surface area (Å²) >= 11 is 0. The Labute approximate surface area is 94.4 Å². The fraction of sp³-hybridized carbons (Fsp3) is 0.167. The number of amides is 1. The van der Waals surface area contributed by atoms with Crippen LogP contribution in [0.25, 0.3) is 0 Å². The van der Waals surface area contributed by atoms with Gasteiger partial charge in [-0.3, -0.25) is 4.79 Å². The molecule has 1 unspecified atom stereocenters. The fourth-order valence-electron chi connectivity index (χ4n) is 1.20. The molecule has 4 nitrogen and oxygen atoms in total. The first-order valence-corrected chi connectivity index (χ1v) is 4.85. The first-order chi connectivity index (χ1) is 7.69. The molecule has 0 spiro atoms. The van der Waals surface area contributed by atoms with Crippen molar-refractivity contribution in [2.45, 2.75) is 12.5 Å². The monoisotopic (exact) mass is 215 g/mol. The molecule has 1 aromatic carbocycles. The summed E-state index contributed by atoms with van der Waals surface area (Å²) in [6.07, 6.45) is 1.99. The summed E-state index contributed by atoms with van der Waals surface area (Å²) in [5.74, 6) is -0.317. The van der Waals surface area contributed by atoms with Crippen molar-refractivity contribution in [2.75, 3.05) is 5.32 Å². The lowest BCUT2D eigenvalue weighted by atomic mass is 10.1. The van der Waals surface area contributed by atoms with Crippen molar-refractivity contribution in [3.05, 3.63) is 42.5 Å². The van der Waals surface area contributed by atoms with E-state index in [1.807, 2.05) is 6.07 Å². The van der Waals surface area contributed by atoms with Crippen LogP contribution in [-0.4, -0.2) is 11.9 Å². The Morgan fingerprint density at radius 2 is 2.31 bits per heavy atom. The molecule has 0 aliphatic heterocycles. The van der Waals surface area contributed by atoms with Crippen molar-refractivity contribution in [1.82, 2.24) is 0 Å². The standard InChI is InChI=1S/C12H13N3O/c1-2-5-10(14)12(16)15-11-7-4-3-6-9(11)8-13/h2-4,6-7,10H,1,5,14H2,(H,15,16). The molecule has 3 N–H and O–H groups in total. The highest BCUT2D eigenvalue weighted by molar-refractivity contribution is 5.95. The van der Waals surface area contributed by atoms with E-state index < -0.39 is 6.04 Å². The van der Waals surface area contributed by atoms with Crippen molar-refractivity contribution < 1.29 is 4.79 Å². The van der Waals surface area contributed by atoms with Gasteiger partial charge >= 0.3 is 0 Å². The number of hydrogen-bond donors (Lipinski definition) is 2. The summed E-state index contributed by atoms with van der Waals surface area (Å²) in [5.41, 5.74) is 6.50. The highest BCUT2D eigenvalue weighted by Gasteiger charge is 2.12. The maximum atomic E-state index is 11.6. The molecule has 82 valence electrons. The van der Waals surface area contributed by atoms with Crippen LogP contribution in [0.3, 0.4) is 0 Å². The normalized spacial score (nSPS) is 11.2. The van der Waals surface area contributed by atoms with Crippen LogP contribution in [-0.2, 0) is 4.79 Å². The van der Waals surface area contributed by atoms with Gasteiger partial charge in [0.1, 0.15) is 6.07 Å². The second-order valence-electron chi connectivity index (χ2n) is 3.28. The molecule has 1 amide bonds. The number of anilines is 1. The SMILES string of the molecule is C=CCC(N)C(=O)Nc1ccccc1C#N. The van der Waals surface area contributed by atoms with Crippen LogP contribution >= 0.6 is 0 Å². The molecule has 16 heavy (non-hydrogen) atoms. The third kappa shape index (κ3) is 2.94. The van der Waals surface area contributed by atoms with Crippen LogP contribution in [0, 0.1) is 11.3 Å².